The normalized spacial score (nSPS) is 12.1. The number of sulfonamides is 1. The minimum absolute atomic E-state index is 0.0599. The number of benzene rings is 1. The van der Waals surface area contributed by atoms with Crippen molar-refractivity contribution in [3.05, 3.63) is 72.8 Å². The molecular weight excluding hydrogens is 424 g/mol. The van der Waals surface area contributed by atoms with E-state index < -0.39 is 15.6 Å². The Hall–Kier alpha value is -3.43. The van der Waals surface area contributed by atoms with Gasteiger partial charge in [0.05, 0.1) is 17.8 Å². The lowest BCUT2D eigenvalue weighted by Gasteiger charge is -2.20. The van der Waals surface area contributed by atoms with Gasteiger partial charge in [-0.3, -0.25) is 9.97 Å². The highest BCUT2D eigenvalue weighted by Crippen LogP contribution is 2.26. The summed E-state index contributed by atoms with van der Waals surface area (Å²) in [4.78, 5) is 17.8. The fourth-order valence-corrected chi connectivity index (χ4v) is 4.57. The quantitative estimate of drug-likeness (QED) is 0.462. The van der Waals surface area contributed by atoms with Crippen molar-refractivity contribution < 1.29 is 8.42 Å². The van der Waals surface area contributed by atoms with Crippen LogP contribution in [0, 0.1) is 0 Å². The minimum atomic E-state index is -3.74. The van der Waals surface area contributed by atoms with Crippen LogP contribution in [0.1, 0.15) is 26.5 Å². The molecule has 0 aliphatic carbocycles. The summed E-state index contributed by atoms with van der Waals surface area (Å²) in [6, 6.07) is 14.9. The van der Waals surface area contributed by atoms with E-state index in [2.05, 4.69) is 30.0 Å². The average molecular weight is 449 g/mol. The Morgan fingerprint density at radius 2 is 1.75 bits per heavy atom. The van der Waals surface area contributed by atoms with Gasteiger partial charge < -0.3 is 5.32 Å². The number of nitrogens with zero attached hydrogens (tertiary/aromatic N) is 4. The van der Waals surface area contributed by atoms with E-state index in [9.17, 15) is 8.42 Å². The van der Waals surface area contributed by atoms with Gasteiger partial charge in [-0.2, -0.15) is 0 Å². The molecule has 0 radical (unpaired) electrons. The smallest absolute Gasteiger partial charge is 0.242 e. The number of pyridine rings is 2. The third kappa shape index (κ3) is 5.06. The van der Waals surface area contributed by atoms with Crippen LogP contribution in [0.2, 0.25) is 0 Å². The molecule has 3 heterocycles. The van der Waals surface area contributed by atoms with Crippen LogP contribution in [0.3, 0.4) is 0 Å². The summed E-state index contributed by atoms with van der Waals surface area (Å²) < 4.78 is 28.2. The highest BCUT2D eigenvalue weighted by Gasteiger charge is 2.23. The van der Waals surface area contributed by atoms with Crippen molar-refractivity contribution in [1.29, 1.82) is 0 Å². The molecule has 0 saturated carbocycles. The zero-order valence-electron chi connectivity index (χ0n) is 18.1. The second-order valence-corrected chi connectivity index (χ2v) is 10.0. The topological polar surface area (TPSA) is 110 Å². The van der Waals surface area contributed by atoms with Crippen LogP contribution in [0.25, 0.3) is 22.3 Å². The molecule has 0 amide bonds. The monoisotopic (exact) mass is 448 g/mol. The Kier molecular flexibility index (Phi) is 5.86. The van der Waals surface area contributed by atoms with Crippen molar-refractivity contribution in [2.24, 2.45) is 0 Å². The molecule has 0 fully saturated rings. The van der Waals surface area contributed by atoms with Crippen LogP contribution in [-0.4, -0.2) is 33.9 Å². The van der Waals surface area contributed by atoms with Crippen LogP contribution in [0.15, 0.2) is 72.0 Å². The van der Waals surface area contributed by atoms with E-state index >= 15 is 0 Å². The Labute approximate surface area is 187 Å². The van der Waals surface area contributed by atoms with E-state index in [1.807, 2.05) is 42.5 Å². The molecule has 164 valence electrons. The molecule has 8 nitrogen and oxygen atoms in total. The van der Waals surface area contributed by atoms with Crippen molar-refractivity contribution in [3.63, 3.8) is 0 Å². The molecule has 0 spiro atoms. The Morgan fingerprint density at radius 1 is 0.969 bits per heavy atom. The Morgan fingerprint density at radius 3 is 2.50 bits per heavy atom. The lowest BCUT2D eigenvalue weighted by molar-refractivity contribution is 0.491. The summed E-state index contributed by atoms with van der Waals surface area (Å²) in [6.07, 6.45) is 4.62. The molecule has 9 heteroatoms. The molecule has 0 aliphatic rings. The van der Waals surface area contributed by atoms with Gasteiger partial charge in [0.15, 0.2) is 5.82 Å². The summed E-state index contributed by atoms with van der Waals surface area (Å²) >= 11 is 0. The molecule has 32 heavy (non-hydrogen) atoms. The average Bonchev–Trinajstić information content (AvgIpc) is 2.76. The fraction of sp³-hybridized carbons (Fsp3) is 0.217. The zero-order valence-corrected chi connectivity index (χ0v) is 18.9. The molecule has 2 N–H and O–H groups in total. The maximum absolute atomic E-state index is 12.8. The third-order valence-corrected chi connectivity index (χ3v) is 6.21. The van der Waals surface area contributed by atoms with Crippen molar-refractivity contribution >= 4 is 26.7 Å². The van der Waals surface area contributed by atoms with Gasteiger partial charge in [-0.15, -0.1) is 0 Å². The number of para-hydroxylation sites is 1. The highest BCUT2D eigenvalue weighted by molar-refractivity contribution is 7.89. The van der Waals surface area contributed by atoms with E-state index in [1.54, 1.807) is 33.2 Å². The first-order valence-corrected chi connectivity index (χ1v) is 11.6. The van der Waals surface area contributed by atoms with Crippen molar-refractivity contribution in [2.45, 2.75) is 37.8 Å². The van der Waals surface area contributed by atoms with E-state index in [0.29, 0.717) is 23.8 Å². The summed E-state index contributed by atoms with van der Waals surface area (Å²) in [5.74, 6) is 1.02. The van der Waals surface area contributed by atoms with E-state index in [1.165, 1.54) is 12.3 Å². The van der Waals surface area contributed by atoms with Gasteiger partial charge in [-0.1, -0.05) is 18.2 Å². The predicted octanol–water partition coefficient (Wildman–Crippen LogP) is 3.78. The van der Waals surface area contributed by atoms with E-state index in [0.717, 1.165) is 16.6 Å². The molecule has 0 aliphatic heterocycles. The number of nitrogens with one attached hydrogen (secondary N) is 2. The first kappa shape index (κ1) is 21.8. The maximum Gasteiger partial charge on any atom is 0.242 e. The largest absolute Gasteiger partial charge is 0.364 e. The van der Waals surface area contributed by atoms with Crippen molar-refractivity contribution in [2.75, 3.05) is 5.32 Å². The number of anilines is 1. The second-order valence-electron chi connectivity index (χ2n) is 8.35. The summed E-state index contributed by atoms with van der Waals surface area (Å²) in [7, 11) is -3.74. The summed E-state index contributed by atoms with van der Waals surface area (Å²) in [6.45, 7) is 5.85. The molecule has 0 unspecified atom stereocenters. The number of hydrogen-bond donors (Lipinski definition) is 2. The molecule has 1 aromatic carbocycles. The van der Waals surface area contributed by atoms with Gasteiger partial charge in [-0.25, -0.2) is 23.1 Å². The van der Waals surface area contributed by atoms with Gasteiger partial charge in [0.2, 0.25) is 10.0 Å². The highest BCUT2D eigenvalue weighted by atomic mass is 32.2. The van der Waals surface area contributed by atoms with Crippen LogP contribution in [-0.2, 0) is 16.6 Å². The number of aromatic nitrogens is 4. The van der Waals surface area contributed by atoms with Crippen molar-refractivity contribution in [1.82, 2.24) is 24.7 Å². The number of fused-ring (bicyclic) bond motifs is 1. The Balaban J connectivity index is 1.73. The van der Waals surface area contributed by atoms with Gasteiger partial charge in [-0.05, 0) is 51.1 Å². The van der Waals surface area contributed by atoms with Gasteiger partial charge >= 0.3 is 0 Å². The molecule has 0 bridgehead atoms. The Bertz CT molecular complexity index is 1350. The van der Waals surface area contributed by atoms with E-state index in [4.69, 9.17) is 0 Å². The second kappa shape index (κ2) is 8.60. The van der Waals surface area contributed by atoms with Crippen LogP contribution >= 0.6 is 0 Å². The van der Waals surface area contributed by atoms with E-state index in [-0.39, 0.29) is 4.90 Å². The zero-order chi connectivity index (χ0) is 22.8. The fourth-order valence-electron chi connectivity index (χ4n) is 3.17. The molecular formula is C23H24N6O2S. The molecule has 0 atom stereocenters. The molecule has 4 rings (SSSR count). The third-order valence-electron chi connectivity index (χ3n) is 4.49. The van der Waals surface area contributed by atoms with Gasteiger partial charge in [0.25, 0.3) is 0 Å². The van der Waals surface area contributed by atoms with Crippen LogP contribution < -0.4 is 10.0 Å². The first-order valence-electron chi connectivity index (χ1n) is 10.1. The number of hydrogen-bond acceptors (Lipinski definition) is 7. The minimum Gasteiger partial charge on any atom is -0.364 e. The summed E-state index contributed by atoms with van der Waals surface area (Å²) in [5, 5.41) is 4.18. The summed E-state index contributed by atoms with van der Waals surface area (Å²) in [5.41, 5.74) is 1.51. The lowest BCUT2D eigenvalue weighted by atomic mass is 10.1. The number of rotatable bonds is 6. The predicted molar refractivity (Wildman–Crippen MR) is 124 cm³/mol. The molecule has 3 aromatic heterocycles. The van der Waals surface area contributed by atoms with Gasteiger partial charge in [0, 0.05) is 35.1 Å². The maximum atomic E-state index is 12.8. The van der Waals surface area contributed by atoms with Crippen LogP contribution in [0.4, 0.5) is 5.82 Å². The standard InChI is InChI=1S/C23H24N6O2S/c1-23(2,3)29-32(30,31)18-12-16(13-24-15-18)21-27-20-10-5-4-9-19(20)22(28-21)26-14-17-8-6-7-11-25-17/h4-13,15,29H,14H2,1-3H3,(H,26,27,28). The molecule has 4 aromatic rings. The van der Waals surface area contributed by atoms with Gasteiger partial charge in [0.1, 0.15) is 10.7 Å². The SMILES string of the molecule is CC(C)(C)NS(=O)(=O)c1cncc(-c2nc(NCc3ccccn3)c3ccccc3n2)c1. The first-order chi connectivity index (χ1) is 15.2. The van der Waals surface area contributed by atoms with Crippen LogP contribution in [0.5, 0.6) is 0 Å². The lowest BCUT2D eigenvalue weighted by Crippen LogP contribution is -2.40. The molecule has 0 saturated heterocycles. The van der Waals surface area contributed by atoms with Crippen molar-refractivity contribution in [3.8, 4) is 11.4 Å².